The molecule has 3 aromatic carbocycles. The molecule has 0 aliphatic carbocycles. The van der Waals surface area contributed by atoms with E-state index in [1.54, 1.807) is 24.3 Å². The Morgan fingerprint density at radius 1 is 1.11 bits per heavy atom. The number of ether oxygens (including phenoxy) is 1. The second kappa shape index (κ2) is 8.83. The molecule has 0 bridgehead atoms. The number of hydrogen-bond acceptors (Lipinski definition) is 6. The number of amides is 3. The molecule has 0 fully saturated rings. The number of benzene rings is 3. The van der Waals surface area contributed by atoms with Crippen LogP contribution in [0.5, 0.6) is 5.75 Å². The molecular weight excluding hydrogens is 472 g/mol. The number of fused-ring (bicyclic) bond motifs is 2. The van der Waals surface area contributed by atoms with Crippen molar-refractivity contribution in [2.75, 3.05) is 19.4 Å². The lowest BCUT2D eigenvalue weighted by atomic mass is 9.94. The number of methoxy groups -OCH3 is 1. The van der Waals surface area contributed by atoms with E-state index >= 15 is 0 Å². The summed E-state index contributed by atoms with van der Waals surface area (Å²) >= 11 is 0. The van der Waals surface area contributed by atoms with Gasteiger partial charge >= 0.3 is 0 Å². The van der Waals surface area contributed by atoms with Gasteiger partial charge in [0.2, 0.25) is 5.91 Å². The number of carbonyl (C=O) groups is 3. The van der Waals surface area contributed by atoms with Gasteiger partial charge in [-0.25, -0.2) is 0 Å². The molecule has 7 N–H and O–H groups in total. The number of aromatic amines is 1. The molecule has 37 heavy (non-hydrogen) atoms. The minimum Gasteiger partial charge on any atom is -0.496 e. The van der Waals surface area contributed by atoms with Gasteiger partial charge in [-0.1, -0.05) is 24.8 Å². The summed E-state index contributed by atoms with van der Waals surface area (Å²) in [6, 6.07) is 14.5. The second-order valence-corrected chi connectivity index (χ2v) is 8.80. The molecule has 186 valence electrons. The van der Waals surface area contributed by atoms with Gasteiger partial charge in [0, 0.05) is 28.8 Å². The van der Waals surface area contributed by atoms with Gasteiger partial charge in [-0.15, -0.1) is 0 Å². The summed E-state index contributed by atoms with van der Waals surface area (Å²) < 4.78 is 5.35. The largest absolute Gasteiger partial charge is 0.496 e. The normalized spacial score (nSPS) is 12.6. The number of aromatic nitrogens is 2. The summed E-state index contributed by atoms with van der Waals surface area (Å²) in [6.45, 7) is 3.96. The van der Waals surface area contributed by atoms with E-state index in [-0.39, 0.29) is 30.1 Å². The highest BCUT2D eigenvalue weighted by atomic mass is 16.5. The quantitative estimate of drug-likeness (QED) is 0.226. The number of nitrogens with two attached hydrogens (primary N) is 3. The molecule has 0 spiro atoms. The maximum atomic E-state index is 13.1. The van der Waals surface area contributed by atoms with Gasteiger partial charge in [-0.3, -0.25) is 19.5 Å². The SMILES string of the molecule is C=C(CN1Cc2c(-c3ccc4[nH]nc(-c5ccc(C(N)=O)c(OC)c5)c4c3)ccc(N)c2C1=O)C(N)=O. The molecule has 0 saturated carbocycles. The first-order valence-corrected chi connectivity index (χ1v) is 11.3. The van der Waals surface area contributed by atoms with Crippen LogP contribution in [0.2, 0.25) is 0 Å². The molecule has 1 aliphatic heterocycles. The molecule has 0 radical (unpaired) electrons. The smallest absolute Gasteiger partial charge is 0.256 e. The third-order valence-electron chi connectivity index (χ3n) is 6.54. The average Bonchev–Trinajstić information content (AvgIpc) is 3.45. The topological polar surface area (TPSA) is 170 Å². The zero-order valence-electron chi connectivity index (χ0n) is 20.0. The summed E-state index contributed by atoms with van der Waals surface area (Å²) in [4.78, 5) is 37.8. The van der Waals surface area contributed by atoms with E-state index in [1.165, 1.54) is 12.0 Å². The number of carbonyl (C=O) groups excluding carboxylic acids is 3. The molecule has 4 aromatic rings. The molecule has 1 aliphatic rings. The first-order valence-electron chi connectivity index (χ1n) is 11.3. The Bertz CT molecular complexity index is 1640. The lowest BCUT2D eigenvalue weighted by Gasteiger charge is -2.15. The van der Waals surface area contributed by atoms with Crippen molar-refractivity contribution in [3.63, 3.8) is 0 Å². The molecule has 0 unspecified atom stereocenters. The fraction of sp³-hybridized carbons (Fsp3) is 0.111. The number of primary amides is 2. The fourth-order valence-electron chi connectivity index (χ4n) is 4.65. The van der Waals surface area contributed by atoms with Crippen LogP contribution in [0.15, 0.2) is 60.7 Å². The van der Waals surface area contributed by atoms with Crippen LogP contribution in [0.4, 0.5) is 5.69 Å². The number of rotatable bonds is 7. The molecule has 10 nitrogen and oxygen atoms in total. The van der Waals surface area contributed by atoms with Crippen molar-refractivity contribution in [2.24, 2.45) is 11.5 Å². The Morgan fingerprint density at radius 3 is 2.57 bits per heavy atom. The predicted molar refractivity (Wildman–Crippen MR) is 140 cm³/mol. The fourth-order valence-corrected chi connectivity index (χ4v) is 4.65. The van der Waals surface area contributed by atoms with Crippen molar-refractivity contribution in [1.29, 1.82) is 0 Å². The minimum atomic E-state index is -0.657. The van der Waals surface area contributed by atoms with Crippen molar-refractivity contribution in [3.05, 3.63) is 77.4 Å². The van der Waals surface area contributed by atoms with Crippen molar-refractivity contribution in [1.82, 2.24) is 15.1 Å². The third kappa shape index (κ3) is 3.94. The summed E-state index contributed by atoms with van der Waals surface area (Å²) in [5.41, 5.74) is 22.8. The highest BCUT2D eigenvalue weighted by Crippen LogP contribution is 2.38. The Kier molecular flexibility index (Phi) is 5.63. The monoisotopic (exact) mass is 496 g/mol. The summed E-state index contributed by atoms with van der Waals surface area (Å²) in [5.74, 6) is -1.17. The average molecular weight is 497 g/mol. The number of nitrogen functional groups attached to an aromatic ring is 1. The van der Waals surface area contributed by atoms with Crippen LogP contribution in [-0.4, -0.2) is 46.5 Å². The number of H-pyrrole nitrogens is 1. The lowest BCUT2D eigenvalue weighted by Crippen LogP contribution is -2.30. The van der Waals surface area contributed by atoms with Gasteiger partial charge < -0.3 is 26.8 Å². The minimum absolute atomic E-state index is 0.0236. The zero-order chi connectivity index (χ0) is 26.4. The van der Waals surface area contributed by atoms with Crippen LogP contribution >= 0.6 is 0 Å². The van der Waals surface area contributed by atoms with E-state index in [9.17, 15) is 14.4 Å². The van der Waals surface area contributed by atoms with Gasteiger partial charge in [0.1, 0.15) is 11.4 Å². The van der Waals surface area contributed by atoms with Crippen LogP contribution in [0, 0.1) is 0 Å². The number of nitrogens with zero attached hydrogens (tertiary/aromatic N) is 2. The summed E-state index contributed by atoms with van der Waals surface area (Å²) in [5, 5.41) is 8.34. The maximum absolute atomic E-state index is 13.1. The molecule has 0 saturated heterocycles. The number of anilines is 1. The van der Waals surface area contributed by atoms with Crippen molar-refractivity contribution in [3.8, 4) is 28.1 Å². The molecule has 0 atom stereocenters. The van der Waals surface area contributed by atoms with E-state index in [0.717, 1.165) is 33.2 Å². The van der Waals surface area contributed by atoms with Crippen molar-refractivity contribution >= 4 is 34.3 Å². The Morgan fingerprint density at radius 2 is 1.86 bits per heavy atom. The van der Waals surface area contributed by atoms with Gasteiger partial charge in [-0.2, -0.15) is 5.10 Å². The molecule has 1 aromatic heterocycles. The number of nitrogens with one attached hydrogen (secondary N) is 1. The highest BCUT2D eigenvalue weighted by molar-refractivity contribution is 6.06. The zero-order valence-corrected chi connectivity index (χ0v) is 20.0. The van der Waals surface area contributed by atoms with Gasteiger partial charge in [0.05, 0.1) is 30.3 Å². The highest BCUT2D eigenvalue weighted by Gasteiger charge is 2.32. The molecule has 10 heteroatoms. The number of hydrogen-bond donors (Lipinski definition) is 4. The van der Waals surface area contributed by atoms with Crippen LogP contribution in [0.25, 0.3) is 33.3 Å². The Labute approximate surface area is 211 Å². The van der Waals surface area contributed by atoms with Crippen LogP contribution in [0.3, 0.4) is 0 Å². The van der Waals surface area contributed by atoms with E-state index in [0.29, 0.717) is 22.7 Å². The maximum Gasteiger partial charge on any atom is 0.256 e. The molecular formula is C27H24N6O4. The van der Waals surface area contributed by atoms with E-state index in [1.807, 2.05) is 24.3 Å². The van der Waals surface area contributed by atoms with Crippen molar-refractivity contribution in [2.45, 2.75) is 6.54 Å². The third-order valence-corrected chi connectivity index (χ3v) is 6.54. The van der Waals surface area contributed by atoms with Crippen LogP contribution in [-0.2, 0) is 11.3 Å². The standard InChI is InChI=1S/C27H24N6O4/c1-13(25(29)34)11-33-12-19-16(6-7-20(28)23(19)27(33)36)14-4-8-21-18(9-14)24(32-31-21)15-3-5-17(26(30)35)22(10-15)37-2/h3-10H,1,11-12,28H2,2H3,(H2,29,34)(H2,30,35)(H,31,32). The van der Waals surface area contributed by atoms with Gasteiger partial charge in [0.25, 0.3) is 11.8 Å². The Hall–Kier alpha value is -5.12. The van der Waals surface area contributed by atoms with E-state index < -0.39 is 11.8 Å². The summed E-state index contributed by atoms with van der Waals surface area (Å²) in [7, 11) is 1.47. The first kappa shape index (κ1) is 23.6. The molecule has 5 rings (SSSR count). The van der Waals surface area contributed by atoms with E-state index in [4.69, 9.17) is 21.9 Å². The molecule has 2 heterocycles. The first-order chi connectivity index (χ1) is 17.7. The Balaban J connectivity index is 1.59. The second-order valence-electron chi connectivity index (χ2n) is 8.80. The molecule has 3 amide bonds. The summed E-state index contributed by atoms with van der Waals surface area (Å²) in [6.07, 6.45) is 0. The predicted octanol–water partition coefficient (Wildman–Crippen LogP) is 2.58. The lowest BCUT2D eigenvalue weighted by molar-refractivity contribution is -0.114. The van der Waals surface area contributed by atoms with E-state index in [2.05, 4.69) is 16.8 Å². The van der Waals surface area contributed by atoms with Crippen molar-refractivity contribution < 1.29 is 19.1 Å². The van der Waals surface area contributed by atoms with Gasteiger partial charge in [-0.05, 0) is 47.0 Å². The van der Waals surface area contributed by atoms with Crippen LogP contribution < -0.4 is 21.9 Å². The van der Waals surface area contributed by atoms with Crippen LogP contribution in [0.1, 0.15) is 26.3 Å². The van der Waals surface area contributed by atoms with Gasteiger partial charge in [0.15, 0.2) is 0 Å².